The Morgan fingerprint density at radius 1 is 0.750 bits per heavy atom. The minimum atomic E-state index is -1.01. The highest BCUT2D eigenvalue weighted by Gasteiger charge is 2.37. The van der Waals surface area contributed by atoms with Crippen LogP contribution in [0.5, 0.6) is 0 Å². The van der Waals surface area contributed by atoms with Gasteiger partial charge in [0, 0.05) is 18.7 Å². The fourth-order valence-corrected chi connectivity index (χ4v) is 3.87. The first kappa shape index (κ1) is 24.7. The first-order valence-corrected chi connectivity index (χ1v) is 11.4. The highest BCUT2D eigenvalue weighted by atomic mass is 35.5. The van der Waals surface area contributed by atoms with Gasteiger partial charge >= 0.3 is 5.97 Å². The molecule has 0 fully saturated rings. The van der Waals surface area contributed by atoms with Crippen LogP contribution in [0.2, 0.25) is 0 Å². The molecule has 0 saturated heterocycles. The number of aromatic carboxylic acids is 1. The van der Waals surface area contributed by atoms with Gasteiger partial charge in [-0.3, -0.25) is 19.3 Å². The number of carboxylic acids is 1. The fraction of sp³-hybridized carbons (Fsp3) is 0.111. The minimum Gasteiger partial charge on any atom is -0.478 e. The van der Waals surface area contributed by atoms with E-state index in [0.29, 0.717) is 5.56 Å². The van der Waals surface area contributed by atoms with Gasteiger partial charge in [0.25, 0.3) is 17.7 Å². The van der Waals surface area contributed by atoms with E-state index in [1.54, 1.807) is 36.4 Å². The smallest absolute Gasteiger partial charge is 0.335 e. The third-order valence-electron chi connectivity index (χ3n) is 5.63. The lowest BCUT2D eigenvalue weighted by atomic mass is 10.1. The van der Waals surface area contributed by atoms with Crippen molar-refractivity contribution in [3.8, 4) is 0 Å². The number of imide groups is 1. The maximum atomic E-state index is 12.8. The van der Waals surface area contributed by atoms with E-state index in [9.17, 15) is 19.2 Å². The Kier molecular flexibility index (Phi) is 7.46. The second kappa shape index (κ2) is 10.9. The molecule has 1 aliphatic rings. The minimum absolute atomic E-state index is 0.0494. The molecule has 1 aliphatic heterocycles. The summed E-state index contributed by atoms with van der Waals surface area (Å²) < 4.78 is 0. The second-order valence-corrected chi connectivity index (χ2v) is 8.48. The number of carboxylic acid groups (broad SMARTS) is 1. The predicted octanol–water partition coefficient (Wildman–Crippen LogP) is 3.42. The van der Waals surface area contributed by atoms with Gasteiger partial charge < -0.3 is 15.7 Å². The second-order valence-electron chi connectivity index (χ2n) is 8.11. The number of hydrogen-bond donors (Lipinski definition) is 3. The number of hydrogen-bond acceptors (Lipinski definition) is 5. The summed E-state index contributed by atoms with van der Waals surface area (Å²) in [5, 5.41) is 14.5. The molecule has 3 N–H and O–H groups in total. The van der Waals surface area contributed by atoms with Crippen molar-refractivity contribution < 1.29 is 24.3 Å². The van der Waals surface area contributed by atoms with Crippen molar-refractivity contribution in [2.24, 2.45) is 0 Å². The molecule has 9 heteroatoms. The molecule has 3 amide bonds. The van der Waals surface area contributed by atoms with E-state index >= 15 is 0 Å². The first-order chi connectivity index (χ1) is 17.3. The zero-order valence-electron chi connectivity index (χ0n) is 19.0. The lowest BCUT2D eigenvalue weighted by Crippen LogP contribution is -2.33. The third-order valence-corrected chi connectivity index (χ3v) is 5.98. The molecule has 0 bridgehead atoms. The Morgan fingerprint density at radius 3 is 1.94 bits per heavy atom. The molecular formula is C27H22ClN3O5. The summed E-state index contributed by atoms with van der Waals surface area (Å²) in [6, 6.07) is 22.2. The van der Waals surface area contributed by atoms with Crippen LogP contribution in [0, 0.1) is 0 Å². The van der Waals surface area contributed by atoms with Gasteiger partial charge in [0.15, 0.2) is 0 Å². The summed E-state index contributed by atoms with van der Waals surface area (Å²) in [6.07, 6.45) is 0. The molecule has 3 aromatic rings. The molecule has 4 rings (SSSR count). The number of carbonyl (C=O) groups excluding carboxylic acids is 3. The lowest BCUT2D eigenvalue weighted by Gasteiger charge is -2.15. The molecule has 0 spiro atoms. The van der Waals surface area contributed by atoms with Crippen molar-refractivity contribution in [3.63, 3.8) is 0 Å². The van der Waals surface area contributed by atoms with Crippen LogP contribution in [-0.2, 0) is 29.2 Å². The SMILES string of the molecule is O=C(O)c1ccc(CNC(=O)c2ccc(CNC3=C(Cl)C(=O)N(Cc4ccccc4)C3=O)cc2)cc1. The van der Waals surface area contributed by atoms with Crippen LogP contribution in [0.4, 0.5) is 0 Å². The van der Waals surface area contributed by atoms with E-state index in [0.717, 1.165) is 21.6 Å². The molecule has 0 aliphatic carbocycles. The molecule has 182 valence electrons. The highest BCUT2D eigenvalue weighted by Crippen LogP contribution is 2.24. The summed E-state index contributed by atoms with van der Waals surface area (Å²) >= 11 is 6.15. The van der Waals surface area contributed by atoms with E-state index in [-0.39, 0.29) is 41.8 Å². The van der Waals surface area contributed by atoms with Crippen LogP contribution in [0.3, 0.4) is 0 Å². The largest absolute Gasteiger partial charge is 0.478 e. The summed E-state index contributed by atoms with van der Waals surface area (Å²) in [7, 11) is 0. The van der Waals surface area contributed by atoms with Crippen LogP contribution < -0.4 is 10.6 Å². The van der Waals surface area contributed by atoms with E-state index < -0.39 is 17.8 Å². The zero-order chi connectivity index (χ0) is 25.7. The molecular weight excluding hydrogens is 482 g/mol. The summed E-state index contributed by atoms with van der Waals surface area (Å²) in [5.74, 6) is -2.32. The molecule has 8 nitrogen and oxygen atoms in total. The molecule has 0 atom stereocenters. The van der Waals surface area contributed by atoms with Gasteiger partial charge in [0.1, 0.15) is 10.7 Å². The van der Waals surface area contributed by atoms with Gasteiger partial charge in [0.05, 0.1) is 12.1 Å². The van der Waals surface area contributed by atoms with Crippen molar-refractivity contribution in [1.82, 2.24) is 15.5 Å². The standard InChI is InChI=1S/C27H22ClN3O5/c28-22-23(26(34)31(25(22)33)16-19-4-2-1-3-5-19)29-14-17-6-10-20(11-7-17)24(32)30-15-18-8-12-21(13-9-18)27(35)36/h1-13,29H,14-16H2,(H,30,32)(H,35,36). The number of nitrogens with one attached hydrogen (secondary N) is 2. The van der Waals surface area contributed by atoms with Crippen LogP contribution >= 0.6 is 11.6 Å². The Bertz CT molecular complexity index is 1340. The van der Waals surface area contributed by atoms with Crippen molar-refractivity contribution >= 4 is 35.3 Å². The van der Waals surface area contributed by atoms with Crippen LogP contribution in [-0.4, -0.2) is 33.7 Å². The highest BCUT2D eigenvalue weighted by molar-refractivity contribution is 6.47. The molecule has 0 unspecified atom stereocenters. The van der Waals surface area contributed by atoms with Crippen LogP contribution in [0.15, 0.2) is 89.6 Å². The van der Waals surface area contributed by atoms with Gasteiger partial charge in [-0.25, -0.2) is 4.79 Å². The van der Waals surface area contributed by atoms with Crippen LogP contribution in [0.1, 0.15) is 37.4 Å². The Labute approximate surface area is 212 Å². The van der Waals surface area contributed by atoms with E-state index in [2.05, 4.69) is 10.6 Å². The molecule has 0 radical (unpaired) electrons. The zero-order valence-corrected chi connectivity index (χ0v) is 19.8. The maximum Gasteiger partial charge on any atom is 0.335 e. The summed E-state index contributed by atoms with van der Waals surface area (Å²) in [6.45, 7) is 0.624. The number of nitrogens with zero attached hydrogens (tertiary/aromatic N) is 1. The fourth-order valence-electron chi connectivity index (χ4n) is 3.62. The topological polar surface area (TPSA) is 116 Å². The monoisotopic (exact) mass is 503 g/mol. The average Bonchev–Trinajstić information content (AvgIpc) is 3.09. The maximum absolute atomic E-state index is 12.8. The summed E-state index contributed by atoms with van der Waals surface area (Å²) in [5.41, 5.74) is 3.05. The Hall–Kier alpha value is -4.43. The molecule has 3 aromatic carbocycles. The number of carbonyl (C=O) groups is 4. The third kappa shape index (κ3) is 5.61. The van der Waals surface area contributed by atoms with Crippen molar-refractivity contribution in [1.29, 1.82) is 0 Å². The molecule has 36 heavy (non-hydrogen) atoms. The normalized spacial score (nSPS) is 13.2. The Balaban J connectivity index is 1.31. The van der Waals surface area contributed by atoms with Crippen molar-refractivity contribution in [2.45, 2.75) is 19.6 Å². The number of halogens is 1. The van der Waals surface area contributed by atoms with Gasteiger partial charge in [0.2, 0.25) is 0 Å². The molecule has 1 heterocycles. The van der Waals surface area contributed by atoms with Gasteiger partial charge in [-0.05, 0) is 41.0 Å². The van der Waals surface area contributed by atoms with E-state index in [1.165, 1.54) is 12.1 Å². The predicted molar refractivity (Wildman–Crippen MR) is 133 cm³/mol. The molecule has 0 saturated carbocycles. The first-order valence-electron chi connectivity index (χ1n) is 11.1. The van der Waals surface area contributed by atoms with Gasteiger partial charge in [-0.1, -0.05) is 66.2 Å². The average molecular weight is 504 g/mol. The van der Waals surface area contributed by atoms with Crippen molar-refractivity contribution in [2.75, 3.05) is 0 Å². The summed E-state index contributed by atoms with van der Waals surface area (Å²) in [4.78, 5) is 49.7. The quantitative estimate of drug-likeness (QED) is 0.385. The number of rotatable bonds is 9. The number of benzene rings is 3. The van der Waals surface area contributed by atoms with E-state index in [4.69, 9.17) is 16.7 Å². The van der Waals surface area contributed by atoms with Crippen LogP contribution in [0.25, 0.3) is 0 Å². The lowest BCUT2D eigenvalue weighted by molar-refractivity contribution is -0.138. The van der Waals surface area contributed by atoms with Gasteiger partial charge in [-0.2, -0.15) is 0 Å². The van der Waals surface area contributed by atoms with Crippen molar-refractivity contribution in [3.05, 3.63) is 117 Å². The number of amides is 3. The van der Waals surface area contributed by atoms with Gasteiger partial charge in [-0.15, -0.1) is 0 Å². The van der Waals surface area contributed by atoms with E-state index in [1.807, 2.05) is 30.3 Å². The Morgan fingerprint density at radius 2 is 1.33 bits per heavy atom. The molecule has 0 aromatic heterocycles.